The van der Waals surface area contributed by atoms with Crippen LogP contribution in [0.25, 0.3) is 5.65 Å². The molecule has 0 spiro atoms. The van der Waals surface area contributed by atoms with Gasteiger partial charge in [0.25, 0.3) is 0 Å². The Morgan fingerprint density at radius 1 is 1.33 bits per heavy atom. The van der Waals surface area contributed by atoms with Crippen LogP contribution in [0, 0.1) is 0 Å². The van der Waals surface area contributed by atoms with Crippen LogP contribution in [-0.4, -0.2) is 42.6 Å². The van der Waals surface area contributed by atoms with E-state index in [1.807, 2.05) is 6.07 Å². The van der Waals surface area contributed by atoms with Gasteiger partial charge in [0, 0.05) is 6.54 Å². The van der Waals surface area contributed by atoms with Crippen LogP contribution >= 0.6 is 0 Å². The molecule has 1 aromatic carbocycles. The second-order valence-corrected chi connectivity index (χ2v) is 4.42. The molecule has 0 unspecified atom stereocenters. The number of nitrogens with zero attached hydrogens (tertiary/aromatic N) is 5. The number of carboxylic acid groups (broad SMARTS) is 1. The number of rotatable bonds is 5. The third kappa shape index (κ3) is 2.78. The van der Waals surface area contributed by atoms with Gasteiger partial charge in [0.1, 0.15) is 5.82 Å². The first-order chi connectivity index (χ1) is 10.2. The monoisotopic (exact) mass is 284 g/mol. The van der Waals surface area contributed by atoms with Crippen molar-refractivity contribution >= 4 is 17.4 Å². The molecular formula is C13H12N6O2. The third-order valence-electron chi connectivity index (χ3n) is 3.00. The van der Waals surface area contributed by atoms with E-state index in [0.717, 1.165) is 5.56 Å². The molecule has 106 valence electrons. The minimum absolute atomic E-state index is 0.289. The Bertz CT molecular complexity index is 785. The number of nitrogens with one attached hydrogen (secondary N) is 1. The van der Waals surface area contributed by atoms with Crippen LogP contribution in [0.15, 0.2) is 36.7 Å². The predicted molar refractivity (Wildman–Crippen MR) is 74.2 cm³/mol. The molecule has 2 heterocycles. The summed E-state index contributed by atoms with van der Waals surface area (Å²) in [5.41, 5.74) is 1.80. The number of hydrogen-bond donors (Lipinski definition) is 2. The number of anilines is 1. The average molecular weight is 284 g/mol. The van der Waals surface area contributed by atoms with Gasteiger partial charge in [-0.1, -0.05) is 12.1 Å². The summed E-state index contributed by atoms with van der Waals surface area (Å²) >= 11 is 0. The zero-order valence-corrected chi connectivity index (χ0v) is 11.0. The summed E-state index contributed by atoms with van der Waals surface area (Å²) in [6.45, 7) is 0.615. The van der Waals surface area contributed by atoms with E-state index in [4.69, 9.17) is 5.11 Å². The lowest BCUT2D eigenvalue weighted by molar-refractivity contribution is 0.0697. The van der Waals surface area contributed by atoms with Gasteiger partial charge >= 0.3 is 5.97 Å². The Hall–Kier alpha value is -3.03. The summed E-state index contributed by atoms with van der Waals surface area (Å²) < 4.78 is 1.56. The minimum atomic E-state index is -0.924. The zero-order valence-electron chi connectivity index (χ0n) is 11.0. The molecule has 0 radical (unpaired) electrons. The number of carboxylic acids is 1. The van der Waals surface area contributed by atoms with Crippen molar-refractivity contribution in [1.29, 1.82) is 0 Å². The van der Waals surface area contributed by atoms with Gasteiger partial charge in [0.15, 0.2) is 5.65 Å². The molecular weight excluding hydrogens is 272 g/mol. The van der Waals surface area contributed by atoms with Gasteiger partial charge in [-0.25, -0.2) is 4.79 Å². The standard InChI is InChI=1S/C13H12N6O2/c20-13(21)10-3-1-2-9(6-10)4-5-15-11-7-14-8-12-16-17-18-19(11)12/h1-3,6-8,15H,4-5H2,(H,20,21). The number of benzene rings is 1. The second-order valence-electron chi connectivity index (χ2n) is 4.42. The van der Waals surface area contributed by atoms with Crippen molar-refractivity contribution in [1.82, 2.24) is 25.0 Å². The molecule has 3 rings (SSSR count). The smallest absolute Gasteiger partial charge is 0.335 e. The lowest BCUT2D eigenvalue weighted by Gasteiger charge is -2.07. The lowest BCUT2D eigenvalue weighted by Crippen LogP contribution is -2.10. The van der Waals surface area contributed by atoms with Crippen molar-refractivity contribution in [2.24, 2.45) is 0 Å². The van der Waals surface area contributed by atoms with E-state index < -0.39 is 5.97 Å². The molecule has 0 saturated carbocycles. The van der Waals surface area contributed by atoms with Gasteiger partial charge in [0.05, 0.1) is 18.0 Å². The molecule has 0 fully saturated rings. The Labute approximate surface area is 119 Å². The number of fused-ring (bicyclic) bond motifs is 1. The van der Waals surface area contributed by atoms with Gasteiger partial charge in [-0.2, -0.15) is 4.52 Å². The highest BCUT2D eigenvalue weighted by molar-refractivity contribution is 5.87. The van der Waals surface area contributed by atoms with Crippen LogP contribution in [-0.2, 0) is 6.42 Å². The molecule has 0 aliphatic heterocycles. The Morgan fingerprint density at radius 3 is 3.10 bits per heavy atom. The summed E-state index contributed by atoms with van der Waals surface area (Å²) in [7, 11) is 0. The van der Waals surface area contributed by atoms with E-state index in [1.165, 1.54) is 0 Å². The first-order valence-electron chi connectivity index (χ1n) is 6.32. The maximum absolute atomic E-state index is 10.9. The molecule has 0 aliphatic rings. The largest absolute Gasteiger partial charge is 0.478 e. The molecule has 2 N–H and O–H groups in total. The van der Waals surface area contributed by atoms with Crippen LogP contribution in [0.1, 0.15) is 15.9 Å². The van der Waals surface area contributed by atoms with E-state index in [-0.39, 0.29) is 5.56 Å². The highest BCUT2D eigenvalue weighted by Crippen LogP contribution is 2.08. The van der Waals surface area contributed by atoms with Crippen molar-refractivity contribution in [3.8, 4) is 0 Å². The summed E-state index contributed by atoms with van der Waals surface area (Å²) in [6.07, 6.45) is 3.89. The van der Waals surface area contributed by atoms with Gasteiger partial charge in [0.2, 0.25) is 0 Å². The zero-order chi connectivity index (χ0) is 14.7. The maximum Gasteiger partial charge on any atom is 0.335 e. The summed E-state index contributed by atoms with van der Waals surface area (Å²) in [5.74, 6) is -0.237. The minimum Gasteiger partial charge on any atom is -0.478 e. The fourth-order valence-corrected chi connectivity index (χ4v) is 1.99. The topological polar surface area (TPSA) is 105 Å². The quantitative estimate of drug-likeness (QED) is 0.716. The fourth-order valence-electron chi connectivity index (χ4n) is 1.99. The number of aromatic nitrogens is 5. The predicted octanol–water partition coefficient (Wildman–Crippen LogP) is 0.872. The first kappa shape index (κ1) is 13.0. The van der Waals surface area contributed by atoms with Crippen LogP contribution in [0.4, 0.5) is 5.82 Å². The second kappa shape index (κ2) is 5.53. The molecule has 0 atom stereocenters. The first-order valence-corrected chi connectivity index (χ1v) is 6.32. The van der Waals surface area contributed by atoms with E-state index in [2.05, 4.69) is 25.8 Å². The average Bonchev–Trinajstić information content (AvgIpc) is 2.97. The fraction of sp³-hybridized carbons (Fsp3) is 0.154. The molecule has 0 bridgehead atoms. The van der Waals surface area contributed by atoms with Crippen molar-refractivity contribution in [2.75, 3.05) is 11.9 Å². The normalized spacial score (nSPS) is 10.7. The van der Waals surface area contributed by atoms with Crippen molar-refractivity contribution in [3.05, 3.63) is 47.8 Å². The maximum atomic E-state index is 10.9. The highest BCUT2D eigenvalue weighted by Gasteiger charge is 2.05. The van der Waals surface area contributed by atoms with Gasteiger partial charge in [-0.3, -0.25) is 4.98 Å². The van der Waals surface area contributed by atoms with E-state index in [9.17, 15) is 4.79 Å². The van der Waals surface area contributed by atoms with Gasteiger partial charge in [-0.05, 0) is 34.5 Å². The van der Waals surface area contributed by atoms with Crippen LogP contribution in [0.2, 0.25) is 0 Å². The molecule has 8 nitrogen and oxygen atoms in total. The van der Waals surface area contributed by atoms with E-state index >= 15 is 0 Å². The molecule has 0 amide bonds. The van der Waals surface area contributed by atoms with Gasteiger partial charge in [-0.15, -0.1) is 5.10 Å². The SMILES string of the molecule is O=C(O)c1cccc(CCNc2cncc3nnnn23)c1. The summed E-state index contributed by atoms with van der Waals surface area (Å²) in [4.78, 5) is 15.0. The number of aromatic carboxylic acids is 1. The van der Waals surface area contributed by atoms with Crippen LogP contribution in [0.5, 0.6) is 0 Å². The molecule has 8 heteroatoms. The molecule has 2 aromatic heterocycles. The number of carbonyl (C=O) groups is 1. The molecule has 0 saturated heterocycles. The van der Waals surface area contributed by atoms with Crippen LogP contribution in [0.3, 0.4) is 0 Å². The molecule has 0 aliphatic carbocycles. The van der Waals surface area contributed by atoms with Crippen molar-refractivity contribution in [3.63, 3.8) is 0 Å². The Kier molecular flexibility index (Phi) is 3.42. The summed E-state index contributed by atoms with van der Waals surface area (Å²) in [6, 6.07) is 6.87. The molecule has 21 heavy (non-hydrogen) atoms. The van der Waals surface area contributed by atoms with Crippen LogP contribution < -0.4 is 5.32 Å². The Morgan fingerprint density at radius 2 is 2.24 bits per heavy atom. The number of tetrazole rings is 1. The Balaban J connectivity index is 1.67. The van der Waals surface area contributed by atoms with Gasteiger partial charge < -0.3 is 10.4 Å². The third-order valence-corrected chi connectivity index (χ3v) is 3.00. The van der Waals surface area contributed by atoms with E-state index in [1.54, 1.807) is 35.1 Å². The van der Waals surface area contributed by atoms with E-state index in [0.29, 0.717) is 24.4 Å². The summed E-state index contributed by atoms with van der Waals surface area (Å²) in [5, 5.41) is 23.4. The number of hydrogen-bond acceptors (Lipinski definition) is 6. The highest BCUT2D eigenvalue weighted by atomic mass is 16.4. The lowest BCUT2D eigenvalue weighted by atomic mass is 10.1. The van der Waals surface area contributed by atoms with Crippen molar-refractivity contribution in [2.45, 2.75) is 6.42 Å². The molecule has 3 aromatic rings. The van der Waals surface area contributed by atoms with Crippen molar-refractivity contribution < 1.29 is 9.90 Å².